The Morgan fingerprint density at radius 3 is 2.19 bits per heavy atom. The highest BCUT2D eigenvalue weighted by Crippen LogP contribution is 2.30. The van der Waals surface area contributed by atoms with Gasteiger partial charge in [0.1, 0.15) is 0 Å². The van der Waals surface area contributed by atoms with Crippen molar-refractivity contribution in [2.24, 2.45) is 0 Å². The van der Waals surface area contributed by atoms with E-state index in [0.717, 1.165) is 17.0 Å². The number of pyridine rings is 1. The lowest BCUT2D eigenvalue weighted by Crippen LogP contribution is -2.11. The smallest absolute Gasteiger partial charge is 0.160 e. The number of nitrogens with zero attached hydrogens (tertiary/aromatic N) is 1. The van der Waals surface area contributed by atoms with Gasteiger partial charge in [-0.1, -0.05) is 23.2 Å². The zero-order chi connectivity index (χ0) is 15.7. The molecular formula is C16H17Cl2FN2. The maximum atomic E-state index is 13.4. The van der Waals surface area contributed by atoms with E-state index in [-0.39, 0.29) is 16.1 Å². The highest BCUT2D eigenvalue weighted by molar-refractivity contribution is 6.35. The van der Waals surface area contributed by atoms with Crippen molar-refractivity contribution >= 4 is 28.9 Å². The van der Waals surface area contributed by atoms with Gasteiger partial charge in [0.05, 0.1) is 16.1 Å². The Balaban J connectivity index is 2.32. The average molecular weight is 327 g/mol. The van der Waals surface area contributed by atoms with Gasteiger partial charge in [0.25, 0.3) is 0 Å². The second-order valence-corrected chi connectivity index (χ2v) is 6.01. The largest absolute Gasteiger partial charge is 0.378 e. The molecule has 2 rings (SSSR count). The third-order valence-electron chi connectivity index (χ3n) is 3.38. The standard InChI is InChI=1S/C16H17Cl2FN2/c1-8-5-9(2)20-10(3)15(8)11(4)21-12-6-13(17)16(19)14(18)7-12/h5-7,11,21H,1-4H3. The summed E-state index contributed by atoms with van der Waals surface area (Å²) in [5.74, 6) is -0.596. The molecule has 0 aliphatic rings. The second kappa shape index (κ2) is 6.20. The molecule has 0 fully saturated rings. The highest BCUT2D eigenvalue weighted by atomic mass is 35.5. The Labute approximate surface area is 134 Å². The first kappa shape index (κ1) is 16.1. The first-order valence-corrected chi connectivity index (χ1v) is 7.41. The van der Waals surface area contributed by atoms with Crippen molar-refractivity contribution in [2.45, 2.75) is 33.7 Å². The Morgan fingerprint density at radius 2 is 1.67 bits per heavy atom. The van der Waals surface area contributed by atoms with Crippen molar-refractivity contribution in [3.05, 3.63) is 56.6 Å². The van der Waals surface area contributed by atoms with Crippen molar-refractivity contribution in [1.29, 1.82) is 0 Å². The Kier molecular flexibility index (Phi) is 4.74. The number of halogens is 3. The molecule has 0 amide bonds. The molecule has 0 aliphatic carbocycles. The molecule has 0 radical (unpaired) electrons. The third-order valence-corrected chi connectivity index (χ3v) is 3.93. The van der Waals surface area contributed by atoms with Crippen LogP contribution in [0.15, 0.2) is 18.2 Å². The third kappa shape index (κ3) is 3.47. The van der Waals surface area contributed by atoms with Crippen LogP contribution in [0.3, 0.4) is 0 Å². The number of rotatable bonds is 3. The number of aromatic nitrogens is 1. The van der Waals surface area contributed by atoms with E-state index in [0.29, 0.717) is 5.69 Å². The molecule has 0 bridgehead atoms. The summed E-state index contributed by atoms with van der Waals surface area (Å²) in [4.78, 5) is 4.49. The first-order chi connectivity index (χ1) is 9.79. The van der Waals surface area contributed by atoms with Crippen molar-refractivity contribution < 1.29 is 4.39 Å². The summed E-state index contributed by atoms with van der Waals surface area (Å²) in [5.41, 5.74) is 4.94. The summed E-state index contributed by atoms with van der Waals surface area (Å²) in [6.45, 7) is 8.04. The highest BCUT2D eigenvalue weighted by Gasteiger charge is 2.15. The van der Waals surface area contributed by atoms with Crippen LogP contribution in [-0.2, 0) is 0 Å². The maximum Gasteiger partial charge on any atom is 0.160 e. The molecule has 0 aliphatic heterocycles. The topological polar surface area (TPSA) is 24.9 Å². The monoisotopic (exact) mass is 326 g/mol. The van der Waals surface area contributed by atoms with Crippen LogP contribution in [0.2, 0.25) is 10.0 Å². The molecule has 1 N–H and O–H groups in total. The van der Waals surface area contributed by atoms with Crippen LogP contribution in [0.25, 0.3) is 0 Å². The molecule has 1 aromatic heterocycles. The van der Waals surface area contributed by atoms with Crippen molar-refractivity contribution in [2.75, 3.05) is 5.32 Å². The molecule has 1 unspecified atom stereocenters. The predicted molar refractivity (Wildman–Crippen MR) is 86.9 cm³/mol. The van der Waals surface area contributed by atoms with Crippen LogP contribution in [0.4, 0.5) is 10.1 Å². The summed E-state index contributed by atoms with van der Waals surface area (Å²) in [6.07, 6.45) is 0. The molecule has 2 aromatic rings. The maximum absolute atomic E-state index is 13.4. The summed E-state index contributed by atoms with van der Waals surface area (Å²) < 4.78 is 13.4. The molecule has 112 valence electrons. The van der Waals surface area contributed by atoms with Gasteiger partial charge < -0.3 is 5.32 Å². The van der Waals surface area contributed by atoms with E-state index in [9.17, 15) is 4.39 Å². The van der Waals surface area contributed by atoms with Crippen LogP contribution in [0.1, 0.15) is 35.5 Å². The van der Waals surface area contributed by atoms with E-state index in [1.165, 1.54) is 17.7 Å². The minimum atomic E-state index is -0.596. The van der Waals surface area contributed by atoms with E-state index in [4.69, 9.17) is 23.2 Å². The van der Waals surface area contributed by atoms with Crippen LogP contribution in [-0.4, -0.2) is 4.98 Å². The zero-order valence-electron chi connectivity index (χ0n) is 12.4. The van der Waals surface area contributed by atoms with Gasteiger partial charge in [-0.25, -0.2) is 4.39 Å². The minimum Gasteiger partial charge on any atom is -0.378 e. The summed E-state index contributed by atoms with van der Waals surface area (Å²) >= 11 is 11.6. The summed E-state index contributed by atoms with van der Waals surface area (Å²) in [7, 11) is 0. The van der Waals surface area contributed by atoms with Crippen molar-refractivity contribution in [1.82, 2.24) is 4.98 Å². The van der Waals surface area contributed by atoms with E-state index in [2.05, 4.69) is 17.2 Å². The number of hydrogen-bond acceptors (Lipinski definition) is 2. The fourth-order valence-corrected chi connectivity index (χ4v) is 3.14. The summed E-state index contributed by atoms with van der Waals surface area (Å²) in [6, 6.07) is 5.12. The number of benzene rings is 1. The fraction of sp³-hybridized carbons (Fsp3) is 0.312. The second-order valence-electron chi connectivity index (χ2n) is 5.20. The number of nitrogens with one attached hydrogen (secondary N) is 1. The molecule has 1 heterocycles. The molecule has 5 heteroatoms. The first-order valence-electron chi connectivity index (χ1n) is 6.65. The van der Waals surface area contributed by atoms with E-state index < -0.39 is 5.82 Å². The van der Waals surface area contributed by atoms with E-state index in [1.54, 1.807) is 0 Å². The van der Waals surface area contributed by atoms with Gasteiger partial charge in [-0.2, -0.15) is 0 Å². The van der Waals surface area contributed by atoms with Crippen molar-refractivity contribution in [3.8, 4) is 0 Å². The lowest BCUT2D eigenvalue weighted by Gasteiger charge is -2.20. The molecule has 2 nitrogen and oxygen atoms in total. The number of aryl methyl sites for hydroxylation is 3. The quantitative estimate of drug-likeness (QED) is 0.740. The van der Waals surface area contributed by atoms with Crippen LogP contribution >= 0.6 is 23.2 Å². The van der Waals surface area contributed by atoms with Crippen LogP contribution < -0.4 is 5.32 Å². The van der Waals surface area contributed by atoms with Gasteiger partial charge in [0, 0.05) is 17.1 Å². The van der Waals surface area contributed by atoms with Gasteiger partial charge in [-0.3, -0.25) is 4.98 Å². The SMILES string of the molecule is Cc1cc(C)c(C(C)Nc2cc(Cl)c(F)c(Cl)c2)c(C)n1. The molecule has 0 saturated carbocycles. The van der Waals surface area contributed by atoms with Crippen molar-refractivity contribution in [3.63, 3.8) is 0 Å². The van der Waals surface area contributed by atoms with E-state index in [1.807, 2.05) is 26.8 Å². The van der Waals surface area contributed by atoms with Gasteiger partial charge in [0.2, 0.25) is 0 Å². The molecule has 1 aromatic carbocycles. The number of hydrogen-bond donors (Lipinski definition) is 1. The molecule has 0 saturated heterocycles. The van der Waals surface area contributed by atoms with Gasteiger partial charge >= 0.3 is 0 Å². The molecule has 1 atom stereocenters. The lowest BCUT2D eigenvalue weighted by molar-refractivity contribution is 0.628. The predicted octanol–water partition coefficient (Wildman–Crippen LogP) is 5.63. The van der Waals surface area contributed by atoms with E-state index >= 15 is 0 Å². The zero-order valence-corrected chi connectivity index (χ0v) is 13.9. The Morgan fingerprint density at radius 1 is 1.10 bits per heavy atom. The van der Waals surface area contributed by atoms with Gasteiger partial charge in [0.15, 0.2) is 5.82 Å². The molecular weight excluding hydrogens is 310 g/mol. The average Bonchev–Trinajstić information content (AvgIpc) is 2.34. The summed E-state index contributed by atoms with van der Waals surface area (Å²) in [5, 5.41) is 3.31. The van der Waals surface area contributed by atoms with Crippen LogP contribution in [0, 0.1) is 26.6 Å². The fourth-order valence-electron chi connectivity index (χ4n) is 2.65. The Hall–Kier alpha value is -1.32. The lowest BCUT2D eigenvalue weighted by atomic mass is 10.00. The number of anilines is 1. The molecule has 0 spiro atoms. The van der Waals surface area contributed by atoms with Gasteiger partial charge in [-0.15, -0.1) is 0 Å². The van der Waals surface area contributed by atoms with Gasteiger partial charge in [-0.05, 0) is 57.0 Å². The normalized spacial score (nSPS) is 12.3. The molecule has 21 heavy (non-hydrogen) atoms. The van der Waals surface area contributed by atoms with Crippen LogP contribution in [0.5, 0.6) is 0 Å². The minimum absolute atomic E-state index is 0.00711. The Bertz CT molecular complexity index is 640.